The Morgan fingerprint density at radius 1 is 0.963 bits per heavy atom. The number of nitrogens with one attached hydrogen (secondary N) is 1. The summed E-state index contributed by atoms with van der Waals surface area (Å²) in [6.07, 6.45) is 8.26. The predicted octanol–water partition coefficient (Wildman–Crippen LogP) is 5.60. The Labute approximate surface area is 159 Å². The van der Waals surface area contributed by atoms with Crippen LogP contribution in [-0.4, -0.2) is 12.0 Å². The number of hydrogen-bond acceptors (Lipinski definition) is 2. The van der Waals surface area contributed by atoms with E-state index in [9.17, 15) is 9.18 Å². The van der Waals surface area contributed by atoms with Gasteiger partial charge in [0.2, 0.25) is 5.91 Å². The number of amides is 1. The summed E-state index contributed by atoms with van der Waals surface area (Å²) in [7, 11) is 0. The van der Waals surface area contributed by atoms with Crippen molar-refractivity contribution in [2.45, 2.75) is 62.9 Å². The van der Waals surface area contributed by atoms with E-state index in [0.29, 0.717) is 24.5 Å². The molecule has 0 spiro atoms. The molecule has 0 aromatic heterocycles. The first-order valence-electron chi connectivity index (χ1n) is 10.0. The zero-order chi connectivity index (χ0) is 18.7. The molecule has 0 heterocycles. The molecule has 2 saturated carbocycles. The Kier molecular flexibility index (Phi) is 5.15. The van der Waals surface area contributed by atoms with E-state index in [4.69, 9.17) is 4.74 Å². The quantitative estimate of drug-likeness (QED) is 0.747. The van der Waals surface area contributed by atoms with Crippen LogP contribution in [0.3, 0.4) is 0 Å². The Hall–Kier alpha value is -2.36. The highest BCUT2D eigenvalue weighted by molar-refractivity contribution is 5.99. The smallest absolute Gasteiger partial charge is 0.235 e. The van der Waals surface area contributed by atoms with Gasteiger partial charge in [0.15, 0.2) is 0 Å². The fraction of sp³-hybridized carbons (Fsp3) is 0.435. The van der Waals surface area contributed by atoms with Crippen molar-refractivity contribution in [2.75, 3.05) is 5.32 Å². The third kappa shape index (κ3) is 3.71. The molecule has 0 aliphatic heterocycles. The maximum Gasteiger partial charge on any atom is 0.235 e. The highest BCUT2D eigenvalue weighted by Gasteiger charge is 2.44. The highest BCUT2D eigenvalue weighted by Crippen LogP contribution is 2.43. The van der Waals surface area contributed by atoms with Gasteiger partial charge in [0.05, 0.1) is 11.5 Å². The molecule has 0 saturated heterocycles. The zero-order valence-electron chi connectivity index (χ0n) is 15.5. The van der Waals surface area contributed by atoms with Crippen molar-refractivity contribution in [2.24, 2.45) is 0 Å². The van der Waals surface area contributed by atoms with Crippen molar-refractivity contribution in [1.29, 1.82) is 0 Å². The maximum absolute atomic E-state index is 14.4. The van der Waals surface area contributed by atoms with Gasteiger partial charge in [-0.25, -0.2) is 4.39 Å². The van der Waals surface area contributed by atoms with Crippen LogP contribution < -0.4 is 10.1 Å². The van der Waals surface area contributed by atoms with Crippen LogP contribution in [0.1, 0.15) is 56.9 Å². The van der Waals surface area contributed by atoms with Gasteiger partial charge in [0.25, 0.3) is 0 Å². The first kappa shape index (κ1) is 18.0. The Balaban J connectivity index is 1.49. The van der Waals surface area contributed by atoms with Gasteiger partial charge in [0, 0.05) is 11.3 Å². The van der Waals surface area contributed by atoms with Gasteiger partial charge in [-0.2, -0.15) is 0 Å². The minimum Gasteiger partial charge on any atom is -0.490 e. The number of carbonyl (C=O) groups excluding carboxylic acids is 1. The van der Waals surface area contributed by atoms with Crippen LogP contribution in [0.5, 0.6) is 5.75 Å². The summed E-state index contributed by atoms with van der Waals surface area (Å²) < 4.78 is 20.4. The molecule has 1 N–H and O–H groups in total. The van der Waals surface area contributed by atoms with Crippen LogP contribution in [-0.2, 0) is 10.2 Å². The molecule has 2 aromatic carbocycles. The standard InChI is InChI=1S/C23H26FNO2/c24-21-10-4-3-9-20(21)23(15-5-6-16-23)22(26)25-17-11-13-19(14-12-17)27-18-7-1-2-8-18/h3-4,9-14,18H,1-2,5-8,15-16H2,(H,25,26). The molecule has 4 heteroatoms. The van der Waals surface area contributed by atoms with Gasteiger partial charge in [-0.15, -0.1) is 0 Å². The van der Waals surface area contributed by atoms with Crippen molar-refractivity contribution in [3.05, 3.63) is 59.9 Å². The topological polar surface area (TPSA) is 38.3 Å². The van der Waals surface area contributed by atoms with Crippen molar-refractivity contribution < 1.29 is 13.9 Å². The molecule has 3 nitrogen and oxygen atoms in total. The molecule has 2 fully saturated rings. The SMILES string of the molecule is O=C(Nc1ccc(OC2CCCC2)cc1)C1(c2ccccc2F)CCCC1. The van der Waals surface area contributed by atoms with E-state index in [1.54, 1.807) is 18.2 Å². The Morgan fingerprint density at radius 3 is 2.30 bits per heavy atom. The van der Waals surface area contributed by atoms with Gasteiger partial charge in [-0.1, -0.05) is 31.0 Å². The van der Waals surface area contributed by atoms with E-state index in [-0.39, 0.29) is 11.7 Å². The van der Waals surface area contributed by atoms with Crippen LogP contribution in [0.25, 0.3) is 0 Å². The van der Waals surface area contributed by atoms with E-state index in [0.717, 1.165) is 37.1 Å². The van der Waals surface area contributed by atoms with Crippen molar-refractivity contribution in [3.8, 4) is 5.75 Å². The second-order valence-electron chi connectivity index (χ2n) is 7.77. The van der Waals surface area contributed by atoms with Crippen LogP contribution in [0, 0.1) is 5.82 Å². The summed E-state index contributed by atoms with van der Waals surface area (Å²) >= 11 is 0. The van der Waals surface area contributed by atoms with Crippen molar-refractivity contribution >= 4 is 11.6 Å². The molecule has 0 bridgehead atoms. The minimum absolute atomic E-state index is 0.116. The number of carbonyl (C=O) groups is 1. The first-order chi connectivity index (χ1) is 13.2. The summed E-state index contributed by atoms with van der Waals surface area (Å²) in [4.78, 5) is 13.1. The van der Waals surface area contributed by atoms with Crippen molar-refractivity contribution in [3.63, 3.8) is 0 Å². The molecule has 2 aliphatic carbocycles. The van der Waals surface area contributed by atoms with E-state index < -0.39 is 5.41 Å². The molecule has 142 valence electrons. The molecule has 27 heavy (non-hydrogen) atoms. The number of rotatable bonds is 5. The number of ether oxygens (including phenoxy) is 1. The monoisotopic (exact) mass is 367 g/mol. The van der Waals surface area contributed by atoms with E-state index in [1.807, 2.05) is 24.3 Å². The molecular weight excluding hydrogens is 341 g/mol. The third-order valence-electron chi connectivity index (χ3n) is 6.00. The summed E-state index contributed by atoms with van der Waals surface area (Å²) in [5.74, 6) is 0.425. The number of anilines is 1. The van der Waals surface area contributed by atoms with Crippen LogP contribution >= 0.6 is 0 Å². The number of hydrogen-bond donors (Lipinski definition) is 1. The predicted molar refractivity (Wildman–Crippen MR) is 105 cm³/mol. The molecule has 2 aliphatic rings. The summed E-state index contributed by atoms with van der Waals surface area (Å²) in [5.41, 5.74) is 0.465. The zero-order valence-corrected chi connectivity index (χ0v) is 15.5. The lowest BCUT2D eigenvalue weighted by Gasteiger charge is -2.28. The van der Waals surface area contributed by atoms with Crippen molar-refractivity contribution in [1.82, 2.24) is 0 Å². The summed E-state index contributed by atoms with van der Waals surface area (Å²) in [6.45, 7) is 0. The van der Waals surface area contributed by atoms with Crippen LogP contribution in [0.15, 0.2) is 48.5 Å². The Bertz CT molecular complexity index is 790. The summed E-state index contributed by atoms with van der Waals surface area (Å²) in [5, 5.41) is 3.01. The average Bonchev–Trinajstić information content (AvgIpc) is 3.36. The van der Waals surface area contributed by atoms with E-state index in [1.165, 1.54) is 18.9 Å². The van der Waals surface area contributed by atoms with E-state index >= 15 is 0 Å². The van der Waals surface area contributed by atoms with Crippen LogP contribution in [0.4, 0.5) is 10.1 Å². The maximum atomic E-state index is 14.4. The van der Waals surface area contributed by atoms with Crippen LogP contribution in [0.2, 0.25) is 0 Å². The van der Waals surface area contributed by atoms with Gasteiger partial charge >= 0.3 is 0 Å². The lowest BCUT2D eigenvalue weighted by molar-refractivity contribution is -0.121. The largest absolute Gasteiger partial charge is 0.490 e. The molecule has 1 amide bonds. The lowest BCUT2D eigenvalue weighted by Crippen LogP contribution is -2.38. The molecule has 0 radical (unpaired) electrons. The second-order valence-corrected chi connectivity index (χ2v) is 7.77. The molecule has 0 unspecified atom stereocenters. The second kappa shape index (κ2) is 7.71. The molecular formula is C23H26FNO2. The van der Waals surface area contributed by atoms with Gasteiger partial charge in [0.1, 0.15) is 11.6 Å². The molecule has 4 rings (SSSR count). The Morgan fingerprint density at radius 2 is 1.63 bits per heavy atom. The number of halogens is 1. The molecule has 0 atom stereocenters. The third-order valence-corrected chi connectivity index (χ3v) is 6.00. The highest BCUT2D eigenvalue weighted by atomic mass is 19.1. The van der Waals surface area contributed by atoms with Gasteiger partial charge < -0.3 is 10.1 Å². The van der Waals surface area contributed by atoms with E-state index in [2.05, 4.69) is 5.32 Å². The average molecular weight is 367 g/mol. The minimum atomic E-state index is -0.773. The summed E-state index contributed by atoms with van der Waals surface area (Å²) in [6, 6.07) is 14.2. The normalized spacial score (nSPS) is 19.1. The lowest BCUT2D eigenvalue weighted by atomic mass is 9.77. The van der Waals surface area contributed by atoms with Gasteiger partial charge in [-0.05, 0) is 68.9 Å². The molecule has 2 aromatic rings. The first-order valence-corrected chi connectivity index (χ1v) is 10.0. The fourth-order valence-electron chi connectivity index (χ4n) is 4.51. The van der Waals surface area contributed by atoms with Gasteiger partial charge in [-0.3, -0.25) is 4.79 Å². The fourth-order valence-corrected chi connectivity index (χ4v) is 4.51. The number of benzene rings is 2.